The summed E-state index contributed by atoms with van der Waals surface area (Å²) in [5.74, 6) is 2.98. The van der Waals surface area contributed by atoms with Crippen LogP contribution in [-0.2, 0) is 6.54 Å². The Kier molecular flexibility index (Phi) is 5.79. The summed E-state index contributed by atoms with van der Waals surface area (Å²) in [7, 11) is 3.20. The first-order valence-electron chi connectivity index (χ1n) is 7.22. The van der Waals surface area contributed by atoms with Crippen LogP contribution in [0.25, 0.3) is 0 Å². The van der Waals surface area contributed by atoms with Crippen LogP contribution in [0.2, 0.25) is 0 Å². The maximum Gasteiger partial charge on any atom is 0.223 e. The smallest absolute Gasteiger partial charge is 0.223 e. The highest BCUT2D eigenvalue weighted by Gasteiger charge is 2.07. The van der Waals surface area contributed by atoms with E-state index in [4.69, 9.17) is 14.0 Å². The lowest BCUT2D eigenvalue weighted by atomic mass is 10.3. The highest BCUT2D eigenvalue weighted by molar-refractivity contribution is 5.93. The van der Waals surface area contributed by atoms with E-state index in [1.54, 1.807) is 21.1 Å². The van der Waals surface area contributed by atoms with E-state index in [2.05, 4.69) is 25.8 Å². The third-order valence-corrected chi connectivity index (χ3v) is 2.94. The predicted octanol–water partition coefficient (Wildman–Crippen LogP) is 1.97. The molecule has 2 aromatic rings. The van der Waals surface area contributed by atoms with Crippen molar-refractivity contribution in [2.75, 3.05) is 26.1 Å². The molecule has 0 spiro atoms. The molecule has 1 aromatic carbocycles. The van der Waals surface area contributed by atoms with Gasteiger partial charge in [0.05, 0.1) is 14.2 Å². The largest absolute Gasteiger partial charge is 0.493 e. The minimum Gasteiger partial charge on any atom is -0.493 e. The quantitative estimate of drug-likeness (QED) is 0.621. The van der Waals surface area contributed by atoms with Gasteiger partial charge in [-0.25, -0.2) is 4.99 Å². The van der Waals surface area contributed by atoms with Gasteiger partial charge in [-0.2, -0.15) is 4.98 Å². The van der Waals surface area contributed by atoms with Gasteiger partial charge in [0.2, 0.25) is 5.89 Å². The number of anilines is 1. The normalized spacial score (nSPS) is 11.2. The molecule has 1 heterocycles. The van der Waals surface area contributed by atoms with Crippen molar-refractivity contribution in [3.63, 3.8) is 0 Å². The number of hydrogen-bond acceptors (Lipinski definition) is 6. The summed E-state index contributed by atoms with van der Waals surface area (Å²) in [4.78, 5) is 8.55. The summed E-state index contributed by atoms with van der Waals surface area (Å²) in [6.07, 6.45) is 0. The first-order chi connectivity index (χ1) is 11.2. The number of benzene rings is 1. The van der Waals surface area contributed by atoms with Gasteiger partial charge in [-0.3, -0.25) is 0 Å². The molecule has 1 aromatic heterocycles. The van der Waals surface area contributed by atoms with Gasteiger partial charge in [0, 0.05) is 25.2 Å². The molecule has 124 valence electrons. The molecular formula is C15H21N5O3. The Balaban J connectivity index is 2.12. The molecule has 0 aliphatic rings. The number of aryl methyl sites for hydroxylation is 1. The molecule has 0 saturated carbocycles. The van der Waals surface area contributed by atoms with Gasteiger partial charge in [-0.05, 0) is 19.1 Å². The molecule has 0 aliphatic carbocycles. The third kappa shape index (κ3) is 4.60. The van der Waals surface area contributed by atoms with Gasteiger partial charge >= 0.3 is 0 Å². The number of hydrogen-bond donors (Lipinski definition) is 2. The van der Waals surface area contributed by atoms with Crippen LogP contribution in [0.3, 0.4) is 0 Å². The number of rotatable bonds is 6. The minimum atomic E-state index is 0.319. The van der Waals surface area contributed by atoms with Crippen LogP contribution >= 0.6 is 0 Å². The van der Waals surface area contributed by atoms with E-state index < -0.39 is 0 Å². The maximum atomic E-state index is 5.29. The number of ether oxygens (including phenoxy) is 2. The van der Waals surface area contributed by atoms with Crippen molar-refractivity contribution in [2.45, 2.75) is 20.4 Å². The lowest BCUT2D eigenvalue weighted by Crippen LogP contribution is -2.30. The predicted molar refractivity (Wildman–Crippen MR) is 87.0 cm³/mol. The van der Waals surface area contributed by atoms with E-state index in [9.17, 15) is 0 Å². The van der Waals surface area contributed by atoms with Gasteiger partial charge in [-0.1, -0.05) is 5.16 Å². The number of guanidine groups is 1. The van der Waals surface area contributed by atoms with E-state index in [-0.39, 0.29) is 0 Å². The van der Waals surface area contributed by atoms with Crippen molar-refractivity contribution >= 4 is 11.6 Å². The fourth-order valence-corrected chi connectivity index (χ4v) is 1.91. The molecule has 8 heteroatoms. The second-order valence-electron chi connectivity index (χ2n) is 4.62. The van der Waals surface area contributed by atoms with Gasteiger partial charge in [0.25, 0.3) is 0 Å². The van der Waals surface area contributed by atoms with Crippen molar-refractivity contribution in [1.29, 1.82) is 0 Å². The molecule has 0 amide bonds. The topological polar surface area (TPSA) is 93.8 Å². The van der Waals surface area contributed by atoms with Gasteiger partial charge in [-0.15, -0.1) is 0 Å². The monoisotopic (exact) mass is 319 g/mol. The van der Waals surface area contributed by atoms with Crippen molar-refractivity contribution in [3.05, 3.63) is 29.9 Å². The Morgan fingerprint density at radius 2 is 2.04 bits per heavy atom. The third-order valence-electron chi connectivity index (χ3n) is 2.94. The summed E-state index contributed by atoms with van der Waals surface area (Å²) in [5, 5.41) is 10.2. The van der Waals surface area contributed by atoms with Crippen LogP contribution in [0.1, 0.15) is 18.6 Å². The molecule has 23 heavy (non-hydrogen) atoms. The molecule has 0 fully saturated rings. The van der Waals surface area contributed by atoms with Crippen LogP contribution in [-0.4, -0.2) is 36.9 Å². The second-order valence-corrected chi connectivity index (χ2v) is 4.62. The number of aromatic nitrogens is 2. The fraction of sp³-hybridized carbons (Fsp3) is 0.400. The second kappa shape index (κ2) is 8.02. The summed E-state index contributed by atoms with van der Waals surface area (Å²) in [6, 6.07) is 5.55. The highest BCUT2D eigenvalue weighted by atomic mass is 16.5. The zero-order valence-corrected chi connectivity index (χ0v) is 13.7. The Morgan fingerprint density at radius 3 is 2.65 bits per heavy atom. The Morgan fingerprint density at radius 1 is 1.26 bits per heavy atom. The number of nitrogens with one attached hydrogen (secondary N) is 2. The van der Waals surface area contributed by atoms with Crippen LogP contribution in [0, 0.1) is 6.92 Å². The average molecular weight is 319 g/mol. The highest BCUT2D eigenvalue weighted by Crippen LogP contribution is 2.29. The number of methoxy groups -OCH3 is 2. The Bertz CT molecular complexity index is 669. The van der Waals surface area contributed by atoms with E-state index in [0.717, 1.165) is 12.2 Å². The van der Waals surface area contributed by atoms with E-state index in [1.165, 1.54) is 0 Å². The zero-order valence-electron chi connectivity index (χ0n) is 13.7. The lowest BCUT2D eigenvalue weighted by Gasteiger charge is -2.13. The first kappa shape index (κ1) is 16.6. The summed E-state index contributed by atoms with van der Waals surface area (Å²) in [6.45, 7) is 4.78. The molecule has 8 nitrogen and oxygen atoms in total. The maximum absolute atomic E-state index is 5.29. The van der Waals surface area contributed by atoms with Crippen LogP contribution in [0.15, 0.2) is 27.7 Å². The molecular weight excluding hydrogens is 298 g/mol. The number of nitrogens with zero attached hydrogens (tertiary/aromatic N) is 3. The number of aliphatic imine (C=N–C) groups is 1. The van der Waals surface area contributed by atoms with Gasteiger partial charge in [0.15, 0.2) is 23.3 Å². The summed E-state index contributed by atoms with van der Waals surface area (Å²) >= 11 is 0. The van der Waals surface area contributed by atoms with Gasteiger partial charge < -0.3 is 24.6 Å². The summed E-state index contributed by atoms with van der Waals surface area (Å²) < 4.78 is 15.4. The lowest BCUT2D eigenvalue weighted by molar-refractivity contribution is 0.355. The molecule has 0 aliphatic heterocycles. The molecule has 0 radical (unpaired) electrons. The average Bonchev–Trinajstić information content (AvgIpc) is 2.98. The Labute approximate surface area is 134 Å². The van der Waals surface area contributed by atoms with Crippen LogP contribution in [0.5, 0.6) is 11.5 Å². The van der Waals surface area contributed by atoms with E-state index in [1.807, 2.05) is 25.1 Å². The van der Waals surface area contributed by atoms with E-state index in [0.29, 0.717) is 35.7 Å². The molecule has 2 N–H and O–H groups in total. The minimum absolute atomic E-state index is 0.319. The van der Waals surface area contributed by atoms with Crippen molar-refractivity contribution in [1.82, 2.24) is 15.5 Å². The van der Waals surface area contributed by atoms with E-state index >= 15 is 0 Å². The molecule has 0 bridgehead atoms. The van der Waals surface area contributed by atoms with Gasteiger partial charge in [0.1, 0.15) is 6.54 Å². The standard InChI is InChI=1S/C15H21N5O3/c1-5-16-15(17-9-14-18-10(2)23-20-14)19-11-6-7-12(21-3)13(8-11)22-4/h6-8H,5,9H2,1-4H3,(H2,16,17,19). The Hall–Kier alpha value is -2.77. The molecule has 0 unspecified atom stereocenters. The molecule has 0 saturated heterocycles. The molecule has 2 rings (SSSR count). The fourth-order valence-electron chi connectivity index (χ4n) is 1.91. The van der Waals surface area contributed by atoms with Crippen molar-refractivity contribution < 1.29 is 14.0 Å². The SMILES string of the molecule is CCNC(=NCc1noc(C)n1)Nc1ccc(OC)c(OC)c1. The molecule has 0 atom stereocenters. The van der Waals surface area contributed by atoms with Crippen molar-refractivity contribution in [3.8, 4) is 11.5 Å². The first-order valence-corrected chi connectivity index (χ1v) is 7.22. The zero-order chi connectivity index (χ0) is 16.7. The van der Waals surface area contributed by atoms with Crippen molar-refractivity contribution in [2.24, 2.45) is 4.99 Å². The summed E-state index contributed by atoms with van der Waals surface area (Å²) in [5.41, 5.74) is 0.826. The van der Waals surface area contributed by atoms with Crippen LogP contribution < -0.4 is 20.1 Å². The van der Waals surface area contributed by atoms with Crippen LogP contribution in [0.4, 0.5) is 5.69 Å².